The average Bonchev–Trinajstić information content (AvgIpc) is 2.91. The Bertz CT molecular complexity index is 606. The van der Waals surface area contributed by atoms with Crippen molar-refractivity contribution < 1.29 is 19.1 Å². The first-order chi connectivity index (χ1) is 11.0. The van der Waals surface area contributed by atoms with E-state index in [4.69, 9.17) is 9.47 Å². The lowest BCUT2D eigenvalue weighted by Gasteiger charge is -2.21. The molecule has 1 fully saturated rings. The molecule has 1 N–H and O–H groups in total. The predicted molar refractivity (Wildman–Crippen MR) is 90.3 cm³/mol. The summed E-state index contributed by atoms with van der Waals surface area (Å²) in [7, 11) is 3.17. The van der Waals surface area contributed by atoms with Gasteiger partial charge in [0.05, 0.1) is 20.3 Å². The van der Waals surface area contributed by atoms with Gasteiger partial charge in [-0.05, 0) is 37.1 Å². The van der Waals surface area contributed by atoms with Crippen LogP contribution < -0.4 is 14.8 Å². The number of methoxy groups -OCH3 is 2. The van der Waals surface area contributed by atoms with Crippen molar-refractivity contribution in [2.75, 3.05) is 33.1 Å². The SMILES string of the molecule is COc1cc(C)c(C(C)NC(=O)CN2CCSC2=O)cc1OC. The van der Waals surface area contributed by atoms with Gasteiger partial charge in [-0.3, -0.25) is 9.59 Å². The van der Waals surface area contributed by atoms with Crippen LogP contribution >= 0.6 is 11.8 Å². The Morgan fingerprint density at radius 3 is 2.57 bits per heavy atom. The quantitative estimate of drug-likeness (QED) is 0.862. The fraction of sp³-hybridized carbons (Fsp3) is 0.500. The normalized spacial score (nSPS) is 15.5. The van der Waals surface area contributed by atoms with Gasteiger partial charge in [-0.15, -0.1) is 0 Å². The lowest BCUT2D eigenvalue weighted by Crippen LogP contribution is -2.38. The molecule has 2 amide bonds. The Morgan fingerprint density at radius 1 is 1.35 bits per heavy atom. The van der Waals surface area contributed by atoms with Crippen molar-refractivity contribution in [2.45, 2.75) is 19.9 Å². The molecule has 0 spiro atoms. The Labute approximate surface area is 140 Å². The third kappa shape index (κ3) is 4.10. The zero-order valence-corrected chi connectivity index (χ0v) is 14.7. The van der Waals surface area contributed by atoms with Crippen LogP contribution in [0.15, 0.2) is 12.1 Å². The smallest absolute Gasteiger partial charge is 0.282 e. The molecule has 0 radical (unpaired) electrons. The van der Waals surface area contributed by atoms with Gasteiger partial charge in [0.2, 0.25) is 5.91 Å². The maximum atomic E-state index is 12.1. The standard InChI is InChI=1S/C16H22N2O4S/c1-10-7-13(21-3)14(22-4)8-12(10)11(2)17-15(19)9-18-5-6-23-16(18)20/h7-8,11H,5-6,9H2,1-4H3,(H,17,19). The molecule has 0 aliphatic carbocycles. The predicted octanol–water partition coefficient (Wildman–Crippen LogP) is 2.36. The average molecular weight is 338 g/mol. The monoisotopic (exact) mass is 338 g/mol. The van der Waals surface area contributed by atoms with Crippen molar-refractivity contribution in [2.24, 2.45) is 0 Å². The third-order valence-corrected chi connectivity index (χ3v) is 4.69. The Hall–Kier alpha value is -1.89. The molecule has 1 aliphatic heterocycles. The highest BCUT2D eigenvalue weighted by Gasteiger charge is 2.24. The number of hydrogen-bond acceptors (Lipinski definition) is 5. The van der Waals surface area contributed by atoms with Gasteiger partial charge in [0.25, 0.3) is 5.24 Å². The molecule has 1 aromatic rings. The molecule has 1 aromatic carbocycles. The molecule has 1 saturated heterocycles. The van der Waals surface area contributed by atoms with Crippen LogP contribution in [0.2, 0.25) is 0 Å². The highest BCUT2D eigenvalue weighted by Crippen LogP contribution is 2.32. The summed E-state index contributed by atoms with van der Waals surface area (Å²) >= 11 is 1.25. The fourth-order valence-electron chi connectivity index (χ4n) is 2.57. The summed E-state index contributed by atoms with van der Waals surface area (Å²) in [6, 6.07) is 3.57. The number of amides is 2. The minimum absolute atomic E-state index is 0.0323. The van der Waals surface area contributed by atoms with E-state index in [-0.39, 0.29) is 23.7 Å². The van der Waals surface area contributed by atoms with Crippen molar-refractivity contribution in [1.29, 1.82) is 0 Å². The first-order valence-corrected chi connectivity index (χ1v) is 8.38. The zero-order chi connectivity index (χ0) is 17.0. The van der Waals surface area contributed by atoms with Gasteiger partial charge in [0, 0.05) is 12.3 Å². The van der Waals surface area contributed by atoms with Crippen molar-refractivity contribution in [3.63, 3.8) is 0 Å². The number of nitrogens with zero attached hydrogens (tertiary/aromatic N) is 1. The van der Waals surface area contributed by atoms with E-state index in [9.17, 15) is 9.59 Å². The van der Waals surface area contributed by atoms with E-state index in [1.165, 1.54) is 11.8 Å². The summed E-state index contributed by atoms with van der Waals surface area (Å²) in [6.07, 6.45) is 0. The number of ether oxygens (including phenoxy) is 2. The number of hydrogen-bond donors (Lipinski definition) is 1. The van der Waals surface area contributed by atoms with Crippen LogP contribution in [-0.2, 0) is 4.79 Å². The van der Waals surface area contributed by atoms with Crippen molar-refractivity contribution in [1.82, 2.24) is 10.2 Å². The highest BCUT2D eigenvalue weighted by atomic mass is 32.2. The van der Waals surface area contributed by atoms with Gasteiger partial charge in [0.1, 0.15) is 6.54 Å². The number of rotatable bonds is 6. The molecular weight excluding hydrogens is 316 g/mol. The second kappa shape index (κ2) is 7.59. The summed E-state index contributed by atoms with van der Waals surface area (Å²) < 4.78 is 10.6. The summed E-state index contributed by atoms with van der Waals surface area (Å²) in [4.78, 5) is 25.3. The molecule has 0 aromatic heterocycles. The molecule has 0 bridgehead atoms. The van der Waals surface area contributed by atoms with Gasteiger partial charge in [0.15, 0.2) is 11.5 Å². The molecule has 1 heterocycles. The van der Waals surface area contributed by atoms with E-state index >= 15 is 0 Å². The second-order valence-corrected chi connectivity index (χ2v) is 6.44. The second-order valence-electron chi connectivity index (χ2n) is 5.39. The summed E-state index contributed by atoms with van der Waals surface area (Å²) in [5.41, 5.74) is 1.96. The van der Waals surface area contributed by atoms with E-state index in [0.717, 1.165) is 16.9 Å². The van der Waals surface area contributed by atoms with Crippen molar-refractivity contribution >= 4 is 22.9 Å². The van der Waals surface area contributed by atoms with Gasteiger partial charge < -0.3 is 19.7 Å². The molecule has 1 atom stereocenters. The minimum Gasteiger partial charge on any atom is -0.493 e. The van der Waals surface area contributed by atoms with Crippen LogP contribution in [0, 0.1) is 6.92 Å². The fourth-order valence-corrected chi connectivity index (χ4v) is 3.40. The number of carbonyl (C=O) groups excluding carboxylic acids is 2. The van der Waals surface area contributed by atoms with Crippen LogP contribution in [0.1, 0.15) is 24.1 Å². The van der Waals surface area contributed by atoms with E-state index < -0.39 is 0 Å². The number of thioether (sulfide) groups is 1. The van der Waals surface area contributed by atoms with Crippen molar-refractivity contribution in [3.05, 3.63) is 23.3 Å². The van der Waals surface area contributed by atoms with Gasteiger partial charge >= 0.3 is 0 Å². The van der Waals surface area contributed by atoms with E-state index in [2.05, 4.69) is 5.32 Å². The molecule has 23 heavy (non-hydrogen) atoms. The first-order valence-electron chi connectivity index (χ1n) is 7.39. The van der Waals surface area contributed by atoms with Crippen LogP contribution in [0.4, 0.5) is 4.79 Å². The molecule has 2 rings (SSSR count). The minimum atomic E-state index is -0.187. The lowest BCUT2D eigenvalue weighted by atomic mass is 10.0. The first kappa shape index (κ1) is 17.5. The Kier molecular flexibility index (Phi) is 5.76. The summed E-state index contributed by atoms with van der Waals surface area (Å²) in [5.74, 6) is 1.87. The Morgan fingerprint density at radius 2 is 2.00 bits per heavy atom. The number of aryl methyl sites for hydroxylation is 1. The third-order valence-electron chi connectivity index (χ3n) is 3.80. The molecular formula is C16H22N2O4S. The maximum Gasteiger partial charge on any atom is 0.282 e. The maximum absolute atomic E-state index is 12.1. The largest absolute Gasteiger partial charge is 0.493 e. The molecule has 0 saturated carbocycles. The molecule has 7 heteroatoms. The topological polar surface area (TPSA) is 67.9 Å². The summed E-state index contributed by atoms with van der Waals surface area (Å²) in [5, 5.41) is 2.90. The van der Waals surface area contributed by atoms with E-state index in [1.54, 1.807) is 19.1 Å². The van der Waals surface area contributed by atoms with Gasteiger partial charge in [-0.2, -0.15) is 0 Å². The number of nitrogens with one attached hydrogen (secondary N) is 1. The van der Waals surface area contributed by atoms with Gasteiger partial charge in [-0.25, -0.2) is 0 Å². The molecule has 1 unspecified atom stereocenters. The molecule has 126 valence electrons. The van der Waals surface area contributed by atoms with E-state index in [0.29, 0.717) is 18.0 Å². The highest BCUT2D eigenvalue weighted by molar-refractivity contribution is 8.13. The molecule has 6 nitrogen and oxygen atoms in total. The van der Waals surface area contributed by atoms with Crippen LogP contribution in [0.3, 0.4) is 0 Å². The van der Waals surface area contributed by atoms with Crippen LogP contribution in [0.5, 0.6) is 11.5 Å². The van der Waals surface area contributed by atoms with Crippen LogP contribution in [-0.4, -0.2) is 49.1 Å². The molecule has 1 aliphatic rings. The van der Waals surface area contributed by atoms with Crippen LogP contribution in [0.25, 0.3) is 0 Å². The Balaban J connectivity index is 2.06. The van der Waals surface area contributed by atoms with E-state index in [1.807, 2.05) is 26.0 Å². The van der Waals surface area contributed by atoms with Crippen molar-refractivity contribution in [3.8, 4) is 11.5 Å². The number of benzene rings is 1. The zero-order valence-electron chi connectivity index (χ0n) is 13.8. The van der Waals surface area contributed by atoms with Gasteiger partial charge in [-0.1, -0.05) is 11.8 Å². The number of carbonyl (C=O) groups is 2. The lowest BCUT2D eigenvalue weighted by molar-refractivity contribution is -0.122. The summed E-state index contributed by atoms with van der Waals surface area (Å²) in [6.45, 7) is 4.59.